The van der Waals surface area contributed by atoms with Crippen LogP contribution < -0.4 is 31.0 Å². The van der Waals surface area contributed by atoms with Crippen molar-refractivity contribution in [1.29, 1.82) is 5.26 Å². The lowest BCUT2D eigenvalue weighted by molar-refractivity contribution is -0.685. The number of nitrogens with zero attached hydrogens (tertiary/aromatic N) is 4. The van der Waals surface area contributed by atoms with Gasteiger partial charge in [0.05, 0.1) is 24.2 Å². The predicted molar refractivity (Wildman–Crippen MR) is 192 cm³/mol. The highest BCUT2D eigenvalue weighted by Crippen LogP contribution is 2.53. The molecule has 274 valence electrons. The third-order valence-electron chi connectivity index (χ3n) is 8.16. The van der Waals surface area contributed by atoms with Crippen molar-refractivity contribution in [3.8, 4) is 6.07 Å². The number of nitrogens with one attached hydrogen (secondary N) is 2. The standard InChI is InChI=1S/C34H44FN6O8P2/c1-6-39(7-2)28-11-8-25-16-26(34(44)48-31(25)17-28)9-10-27-12-13-29(50(45)46-21-37-32(42)18-35)19-40(27)20-33(43)38-22-47-51-41(23(3)4)24(5)30(49-51)14-15-36/h8-13,16-17,19,23-24,30,32,37,42H,6-7,14,18,20-22H2,1-5H3/q+1/p+1. The van der Waals surface area contributed by atoms with Crippen LogP contribution in [-0.4, -0.2) is 73.3 Å². The summed E-state index contributed by atoms with van der Waals surface area (Å²) in [7, 11) is -3.96. The maximum absolute atomic E-state index is 13.2. The zero-order chi connectivity index (χ0) is 37.1. The van der Waals surface area contributed by atoms with E-state index in [1.807, 2.05) is 39.0 Å². The summed E-state index contributed by atoms with van der Waals surface area (Å²) in [5, 5.41) is 24.6. The van der Waals surface area contributed by atoms with Gasteiger partial charge in [0.15, 0.2) is 6.73 Å². The van der Waals surface area contributed by atoms with Gasteiger partial charge in [-0.1, -0.05) is 0 Å². The summed E-state index contributed by atoms with van der Waals surface area (Å²) in [4.78, 5) is 28.3. The number of anilines is 1. The number of pyridine rings is 1. The summed E-state index contributed by atoms with van der Waals surface area (Å²) in [5.74, 6) is -0.433. The minimum Gasteiger partial charge on any atom is -0.422 e. The van der Waals surface area contributed by atoms with Crippen LogP contribution >= 0.6 is 16.6 Å². The van der Waals surface area contributed by atoms with E-state index in [1.54, 1.807) is 30.4 Å². The van der Waals surface area contributed by atoms with E-state index < -0.39 is 41.0 Å². The predicted octanol–water partition coefficient (Wildman–Crippen LogP) is 4.04. The zero-order valence-electron chi connectivity index (χ0n) is 29.3. The zero-order valence-corrected chi connectivity index (χ0v) is 31.1. The number of amides is 1. The Bertz CT molecular complexity index is 1800. The summed E-state index contributed by atoms with van der Waals surface area (Å²) >= 11 is 0. The molecular weight excluding hydrogens is 701 g/mol. The first-order valence-electron chi connectivity index (χ1n) is 16.6. The normalized spacial score (nSPS) is 18.7. The largest absolute Gasteiger partial charge is 0.556 e. The lowest BCUT2D eigenvalue weighted by Crippen LogP contribution is -2.46. The molecule has 3 heterocycles. The van der Waals surface area contributed by atoms with Crippen LogP contribution in [0, 0.1) is 11.3 Å². The lowest BCUT2D eigenvalue weighted by Gasteiger charge is -2.28. The molecule has 1 saturated heterocycles. The molecule has 3 aromatic rings. The van der Waals surface area contributed by atoms with Crippen LogP contribution in [-0.2, 0) is 29.5 Å². The molecule has 0 radical (unpaired) electrons. The molecule has 0 aliphatic carbocycles. The number of halogens is 1. The molecule has 0 saturated carbocycles. The van der Waals surface area contributed by atoms with Crippen LogP contribution in [0.15, 0.2) is 51.8 Å². The number of hydrogen-bond acceptors (Lipinski definition) is 12. The van der Waals surface area contributed by atoms with Gasteiger partial charge in [0.2, 0.25) is 18.4 Å². The quantitative estimate of drug-likeness (QED) is 0.0740. The van der Waals surface area contributed by atoms with E-state index in [0.29, 0.717) is 11.3 Å². The molecule has 5 unspecified atom stereocenters. The molecule has 0 spiro atoms. The smallest absolute Gasteiger partial charge is 0.422 e. The molecule has 5 atom stereocenters. The van der Waals surface area contributed by atoms with Crippen molar-refractivity contribution in [2.45, 2.75) is 72.0 Å². The number of nitriles is 1. The van der Waals surface area contributed by atoms with Crippen LogP contribution in [0.5, 0.6) is 0 Å². The number of aliphatic hydroxyl groups is 1. The Kier molecular flexibility index (Phi) is 15.1. The van der Waals surface area contributed by atoms with Crippen molar-refractivity contribution >= 4 is 56.6 Å². The molecule has 14 nitrogen and oxygen atoms in total. The number of hydrogen-bond donors (Lipinski definition) is 3. The number of carbonyl (C=O) groups excluding carboxylic acids is 1. The van der Waals surface area contributed by atoms with Gasteiger partial charge < -0.3 is 28.8 Å². The van der Waals surface area contributed by atoms with E-state index in [9.17, 15) is 28.9 Å². The lowest BCUT2D eigenvalue weighted by atomic mass is 10.1. The maximum Gasteiger partial charge on any atom is 0.556 e. The van der Waals surface area contributed by atoms with Crippen LogP contribution in [0.25, 0.3) is 23.1 Å². The summed E-state index contributed by atoms with van der Waals surface area (Å²) in [6.07, 6.45) is 3.14. The second-order valence-corrected chi connectivity index (χ2v) is 14.6. The highest BCUT2D eigenvalue weighted by molar-refractivity contribution is 7.48. The van der Waals surface area contributed by atoms with Crippen molar-refractivity contribution in [1.82, 2.24) is 15.3 Å². The van der Waals surface area contributed by atoms with E-state index in [2.05, 4.69) is 40.1 Å². The van der Waals surface area contributed by atoms with Crippen LogP contribution in [0.4, 0.5) is 10.1 Å². The Hall–Kier alpha value is -3.70. The summed E-state index contributed by atoms with van der Waals surface area (Å²) in [5.41, 5.74) is 1.66. The maximum atomic E-state index is 13.2. The number of aliphatic hydroxyl groups excluding tert-OH is 1. The van der Waals surface area contributed by atoms with Gasteiger partial charge in [0.25, 0.3) is 19.7 Å². The van der Waals surface area contributed by atoms with E-state index >= 15 is 0 Å². The topological polar surface area (TPSA) is 170 Å². The average Bonchev–Trinajstić information content (AvgIpc) is 3.42. The number of aromatic nitrogens is 1. The van der Waals surface area contributed by atoms with E-state index in [1.165, 1.54) is 10.8 Å². The fourth-order valence-corrected chi connectivity index (χ4v) is 8.02. The molecule has 51 heavy (non-hydrogen) atoms. The third-order valence-corrected chi connectivity index (χ3v) is 11.2. The second kappa shape index (κ2) is 19.2. The SMILES string of the molecule is CCN(CC)c1ccc2cc(C=Cc3ccc([P+](=O)OCNC(O)CF)c[n+]3CC(=O)NCOP3OC(CC#N)C(C)N3C(C)C)c(=O)oc2c1. The molecular formula is C34H45FN6O8P2+2. The fourth-order valence-electron chi connectivity index (χ4n) is 5.46. The van der Waals surface area contributed by atoms with Gasteiger partial charge in [-0.05, 0) is 63.5 Å². The Labute approximate surface area is 298 Å². The highest BCUT2D eigenvalue weighted by atomic mass is 31.2. The van der Waals surface area contributed by atoms with Gasteiger partial charge in [-0.25, -0.2) is 13.9 Å². The fraction of sp³-hybridized carbons (Fsp3) is 0.471. The second-order valence-electron chi connectivity index (χ2n) is 11.9. The number of alkyl halides is 1. The first kappa shape index (κ1) is 40.1. The van der Waals surface area contributed by atoms with Gasteiger partial charge >= 0.3 is 13.7 Å². The van der Waals surface area contributed by atoms with Crippen LogP contribution in [0.2, 0.25) is 0 Å². The monoisotopic (exact) mass is 746 g/mol. The van der Waals surface area contributed by atoms with Gasteiger partial charge in [0, 0.05) is 60.5 Å². The Balaban J connectivity index is 1.53. The molecule has 1 aliphatic rings. The molecule has 1 fully saturated rings. The van der Waals surface area contributed by atoms with E-state index in [4.69, 9.17) is 18.0 Å². The van der Waals surface area contributed by atoms with E-state index in [0.717, 1.165) is 24.2 Å². The Morgan fingerprint density at radius 2 is 2.00 bits per heavy atom. The molecule has 0 bridgehead atoms. The first-order chi connectivity index (χ1) is 24.5. The Morgan fingerprint density at radius 1 is 1.24 bits per heavy atom. The number of carbonyl (C=O) groups is 1. The van der Waals surface area contributed by atoms with Crippen molar-refractivity contribution < 1.29 is 41.4 Å². The minimum absolute atomic E-state index is 0.0336. The molecule has 3 N–H and O–H groups in total. The van der Waals surface area contributed by atoms with Crippen molar-refractivity contribution in [2.75, 3.05) is 38.1 Å². The number of benzene rings is 1. The van der Waals surface area contributed by atoms with Gasteiger partial charge in [-0.15, -0.1) is 4.52 Å². The van der Waals surface area contributed by atoms with Crippen molar-refractivity contribution in [3.63, 3.8) is 0 Å². The molecule has 1 aliphatic heterocycles. The highest BCUT2D eigenvalue weighted by Gasteiger charge is 2.43. The minimum atomic E-state index is -2.45. The van der Waals surface area contributed by atoms with Crippen LogP contribution in [0.3, 0.4) is 0 Å². The van der Waals surface area contributed by atoms with Crippen LogP contribution in [0.1, 0.15) is 52.3 Å². The van der Waals surface area contributed by atoms with Gasteiger partial charge in [-0.2, -0.15) is 9.83 Å². The summed E-state index contributed by atoms with van der Waals surface area (Å²) in [6, 6.07) is 12.8. The molecule has 17 heteroatoms. The van der Waals surface area contributed by atoms with Crippen molar-refractivity contribution in [2.24, 2.45) is 0 Å². The molecule has 2 aromatic heterocycles. The average molecular weight is 747 g/mol. The van der Waals surface area contributed by atoms with Crippen molar-refractivity contribution in [3.05, 3.63) is 64.3 Å². The third kappa shape index (κ3) is 10.7. The van der Waals surface area contributed by atoms with E-state index in [-0.39, 0.29) is 55.5 Å². The van der Waals surface area contributed by atoms with Gasteiger partial charge in [0.1, 0.15) is 25.2 Å². The Morgan fingerprint density at radius 3 is 2.69 bits per heavy atom. The number of rotatable bonds is 18. The first-order valence-corrected chi connectivity index (χ1v) is 18.9. The molecule has 1 amide bonds. The summed E-state index contributed by atoms with van der Waals surface area (Å²) < 4.78 is 51.9. The van der Waals surface area contributed by atoms with Gasteiger partial charge in [-0.3, -0.25) is 10.1 Å². The molecule has 1 aromatic carbocycles. The number of fused-ring (bicyclic) bond motifs is 1. The molecule has 4 rings (SSSR count). The summed E-state index contributed by atoms with van der Waals surface area (Å²) in [6.45, 7) is 9.91.